The molecule has 0 aliphatic carbocycles. The van der Waals surface area contributed by atoms with E-state index >= 15 is 0 Å². The maximum absolute atomic E-state index is 12.6. The molecule has 2 aromatic carbocycles. The standard InChI is InChI=1S/C21H26N2O4S/c1-3-27-19-10-7-17(8-11-19)15-22-21(24)18-9-6-16(2)20(14-18)23-12-4-5-13-28(23,25)26/h6-11,14H,3-5,12-13,15H2,1-2H3,(H,22,24). The molecule has 0 unspecified atom stereocenters. The zero-order chi connectivity index (χ0) is 20.1. The number of hydrogen-bond donors (Lipinski definition) is 1. The zero-order valence-corrected chi connectivity index (χ0v) is 17.1. The predicted molar refractivity (Wildman–Crippen MR) is 110 cm³/mol. The summed E-state index contributed by atoms with van der Waals surface area (Å²) in [6.07, 6.45) is 1.51. The SMILES string of the molecule is CCOc1ccc(CNC(=O)c2ccc(C)c(N3CCCCS3(=O)=O)c2)cc1. The molecule has 2 aromatic rings. The van der Waals surface area contributed by atoms with Gasteiger partial charge in [0.15, 0.2) is 0 Å². The molecule has 0 spiro atoms. The van der Waals surface area contributed by atoms with Crippen molar-refractivity contribution in [1.82, 2.24) is 5.32 Å². The molecule has 1 amide bonds. The fourth-order valence-corrected chi connectivity index (χ4v) is 4.93. The van der Waals surface area contributed by atoms with Gasteiger partial charge in [-0.15, -0.1) is 0 Å². The Morgan fingerprint density at radius 1 is 1.14 bits per heavy atom. The van der Waals surface area contributed by atoms with Gasteiger partial charge in [-0.1, -0.05) is 18.2 Å². The molecule has 0 radical (unpaired) electrons. The van der Waals surface area contributed by atoms with Crippen LogP contribution in [-0.4, -0.2) is 33.2 Å². The van der Waals surface area contributed by atoms with E-state index in [9.17, 15) is 13.2 Å². The lowest BCUT2D eigenvalue weighted by Gasteiger charge is -2.29. The number of hydrogen-bond acceptors (Lipinski definition) is 4. The van der Waals surface area contributed by atoms with E-state index in [0.717, 1.165) is 23.3 Å². The van der Waals surface area contributed by atoms with E-state index in [-0.39, 0.29) is 11.7 Å². The normalized spacial score (nSPS) is 15.9. The molecule has 28 heavy (non-hydrogen) atoms. The van der Waals surface area contributed by atoms with Gasteiger partial charge in [-0.2, -0.15) is 0 Å². The number of ether oxygens (including phenoxy) is 1. The molecule has 0 saturated carbocycles. The average Bonchev–Trinajstić information content (AvgIpc) is 2.68. The summed E-state index contributed by atoms with van der Waals surface area (Å²) in [6, 6.07) is 12.8. The second kappa shape index (κ2) is 8.65. The highest BCUT2D eigenvalue weighted by molar-refractivity contribution is 7.92. The Morgan fingerprint density at radius 3 is 2.57 bits per heavy atom. The molecule has 1 N–H and O–H groups in total. The number of aryl methyl sites for hydroxylation is 1. The zero-order valence-electron chi connectivity index (χ0n) is 16.3. The van der Waals surface area contributed by atoms with Crippen molar-refractivity contribution in [3.8, 4) is 5.75 Å². The highest BCUT2D eigenvalue weighted by Gasteiger charge is 2.27. The van der Waals surface area contributed by atoms with Gasteiger partial charge in [-0.25, -0.2) is 8.42 Å². The number of nitrogens with zero attached hydrogens (tertiary/aromatic N) is 1. The molecule has 1 aliphatic heterocycles. The molecule has 1 heterocycles. The predicted octanol–water partition coefficient (Wildman–Crippen LogP) is 3.25. The Labute approximate surface area is 166 Å². The Morgan fingerprint density at radius 2 is 1.89 bits per heavy atom. The first-order valence-electron chi connectivity index (χ1n) is 9.51. The first-order chi connectivity index (χ1) is 13.4. The van der Waals surface area contributed by atoms with Crippen molar-refractivity contribution in [2.75, 3.05) is 23.2 Å². The Bertz CT molecular complexity index is 939. The minimum absolute atomic E-state index is 0.153. The topological polar surface area (TPSA) is 75.7 Å². The summed E-state index contributed by atoms with van der Waals surface area (Å²) in [5.74, 6) is 0.716. The Kier molecular flexibility index (Phi) is 6.24. The van der Waals surface area contributed by atoms with Crippen LogP contribution >= 0.6 is 0 Å². The maximum atomic E-state index is 12.6. The van der Waals surface area contributed by atoms with Crippen LogP contribution in [0.25, 0.3) is 0 Å². The largest absolute Gasteiger partial charge is 0.494 e. The van der Waals surface area contributed by atoms with Crippen molar-refractivity contribution in [3.63, 3.8) is 0 Å². The van der Waals surface area contributed by atoms with Gasteiger partial charge in [0.1, 0.15) is 5.75 Å². The van der Waals surface area contributed by atoms with Crippen molar-refractivity contribution in [1.29, 1.82) is 0 Å². The third-order valence-electron chi connectivity index (χ3n) is 4.78. The summed E-state index contributed by atoms with van der Waals surface area (Å²) in [7, 11) is -3.32. The molecular weight excluding hydrogens is 376 g/mol. The lowest BCUT2D eigenvalue weighted by atomic mass is 10.1. The maximum Gasteiger partial charge on any atom is 0.251 e. The van der Waals surface area contributed by atoms with Crippen molar-refractivity contribution in [2.24, 2.45) is 0 Å². The van der Waals surface area contributed by atoms with E-state index in [2.05, 4.69) is 5.32 Å². The van der Waals surface area contributed by atoms with E-state index in [1.54, 1.807) is 18.2 Å². The van der Waals surface area contributed by atoms with Crippen LogP contribution in [0.2, 0.25) is 0 Å². The molecule has 1 aliphatic rings. The van der Waals surface area contributed by atoms with Crippen LogP contribution in [-0.2, 0) is 16.6 Å². The molecular formula is C21H26N2O4S. The quantitative estimate of drug-likeness (QED) is 0.805. The summed E-state index contributed by atoms with van der Waals surface area (Å²) in [4.78, 5) is 12.6. The summed E-state index contributed by atoms with van der Waals surface area (Å²) < 4.78 is 31.7. The Balaban J connectivity index is 1.72. The highest BCUT2D eigenvalue weighted by Crippen LogP contribution is 2.28. The smallest absolute Gasteiger partial charge is 0.251 e. The van der Waals surface area contributed by atoms with Gasteiger partial charge in [0.05, 0.1) is 18.0 Å². The number of rotatable bonds is 6. The van der Waals surface area contributed by atoms with Crippen molar-refractivity contribution >= 4 is 21.6 Å². The van der Waals surface area contributed by atoms with Crippen LogP contribution in [0, 0.1) is 6.92 Å². The van der Waals surface area contributed by atoms with Gasteiger partial charge in [0.25, 0.3) is 5.91 Å². The summed E-state index contributed by atoms with van der Waals surface area (Å²) in [6.45, 7) is 5.25. The second-order valence-electron chi connectivity index (χ2n) is 6.86. The van der Waals surface area contributed by atoms with Crippen molar-refractivity contribution in [3.05, 3.63) is 59.2 Å². The van der Waals surface area contributed by atoms with Crippen LogP contribution in [0.1, 0.15) is 41.3 Å². The number of amides is 1. The van der Waals surface area contributed by atoms with Crippen LogP contribution in [0.4, 0.5) is 5.69 Å². The Hall–Kier alpha value is -2.54. The number of nitrogens with one attached hydrogen (secondary N) is 1. The average molecular weight is 403 g/mol. The van der Waals surface area contributed by atoms with Gasteiger partial charge in [-0.3, -0.25) is 9.10 Å². The van der Waals surface area contributed by atoms with Crippen LogP contribution in [0.3, 0.4) is 0 Å². The molecule has 1 saturated heterocycles. The summed E-state index contributed by atoms with van der Waals surface area (Å²) in [5, 5.41) is 2.89. The molecule has 7 heteroatoms. The fourth-order valence-electron chi connectivity index (χ4n) is 3.23. The van der Waals surface area contributed by atoms with E-state index in [0.29, 0.717) is 37.4 Å². The van der Waals surface area contributed by atoms with Crippen molar-refractivity contribution < 1.29 is 17.9 Å². The molecule has 0 bridgehead atoms. The third-order valence-corrected chi connectivity index (χ3v) is 6.63. The first kappa shape index (κ1) is 20.2. The third kappa shape index (κ3) is 4.65. The van der Waals surface area contributed by atoms with E-state index < -0.39 is 10.0 Å². The molecule has 6 nitrogen and oxygen atoms in total. The van der Waals surface area contributed by atoms with Gasteiger partial charge in [0, 0.05) is 18.7 Å². The highest BCUT2D eigenvalue weighted by atomic mass is 32.2. The van der Waals surface area contributed by atoms with E-state index in [1.807, 2.05) is 38.1 Å². The lowest BCUT2D eigenvalue weighted by Crippen LogP contribution is -2.38. The van der Waals surface area contributed by atoms with E-state index in [4.69, 9.17) is 4.74 Å². The van der Waals surface area contributed by atoms with Gasteiger partial charge < -0.3 is 10.1 Å². The summed E-state index contributed by atoms with van der Waals surface area (Å²) in [5.41, 5.74) is 2.84. The number of sulfonamides is 1. The monoisotopic (exact) mass is 402 g/mol. The summed E-state index contributed by atoms with van der Waals surface area (Å²) >= 11 is 0. The minimum atomic E-state index is -3.32. The minimum Gasteiger partial charge on any atom is -0.494 e. The van der Waals surface area contributed by atoms with E-state index in [1.165, 1.54) is 4.31 Å². The van der Waals surface area contributed by atoms with Crippen LogP contribution in [0.15, 0.2) is 42.5 Å². The lowest BCUT2D eigenvalue weighted by molar-refractivity contribution is 0.0951. The molecule has 0 aromatic heterocycles. The van der Waals surface area contributed by atoms with Gasteiger partial charge in [0.2, 0.25) is 10.0 Å². The number of carbonyl (C=O) groups is 1. The fraction of sp³-hybridized carbons (Fsp3) is 0.381. The second-order valence-corrected chi connectivity index (χ2v) is 8.87. The molecule has 150 valence electrons. The first-order valence-corrected chi connectivity index (χ1v) is 11.1. The molecule has 0 atom stereocenters. The van der Waals surface area contributed by atoms with Crippen LogP contribution < -0.4 is 14.4 Å². The van der Waals surface area contributed by atoms with Gasteiger partial charge >= 0.3 is 0 Å². The van der Waals surface area contributed by atoms with Crippen LogP contribution in [0.5, 0.6) is 5.75 Å². The molecule has 1 fully saturated rings. The number of carbonyl (C=O) groups excluding carboxylic acids is 1. The van der Waals surface area contributed by atoms with Crippen molar-refractivity contribution in [2.45, 2.75) is 33.2 Å². The number of benzene rings is 2. The van der Waals surface area contributed by atoms with Gasteiger partial charge in [-0.05, 0) is 62.1 Å². The molecule has 3 rings (SSSR count). The number of anilines is 1.